The first-order valence-electron chi connectivity index (χ1n) is 2.15. The molecule has 0 amide bonds. The van der Waals surface area contributed by atoms with Gasteiger partial charge < -0.3 is 4.18 Å². The first-order chi connectivity index (χ1) is 4.10. The zero-order chi connectivity index (χ0) is 6.91. The standard InChI is InChI=1S/C3H4BrNO3S/c4-3-1-2-5-9(6,7)8-3/h1,5H,2H2. The zero-order valence-electron chi connectivity index (χ0n) is 4.30. The van der Waals surface area contributed by atoms with Crippen LogP contribution in [0.25, 0.3) is 0 Å². The Balaban J connectivity index is 2.83. The van der Waals surface area contributed by atoms with Gasteiger partial charge >= 0.3 is 10.3 Å². The molecule has 0 aromatic carbocycles. The molecule has 0 radical (unpaired) electrons. The van der Waals surface area contributed by atoms with Gasteiger partial charge in [0.15, 0.2) is 4.67 Å². The molecule has 9 heavy (non-hydrogen) atoms. The highest BCUT2D eigenvalue weighted by Crippen LogP contribution is 2.12. The summed E-state index contributed by atoms with van der Waals surface area (Å²) in [5.74, 6) is 0. The van der Waals surface area contributed by atoms with Gasteiger partial charge in [0, 0.05) is 6.54 Å². The van der Waals surface area contributed by atoms with E-state index >= 15 is 0 Å². The van der Waals surface area contributed by atoms with Crippen LogP contribution >= 0.6 is 15.9 Å². The van der Waals surface area contributed by atoms with Gasteiger partial charge in [-0.2, -0.15) is 13.1 Å². The van der Waals surface area contributed by atoms with Crippen molar-refractivity contribution in [3.05, 3.63) is 10.7 Å². The Hall–Kier alpha value is -0.0700. The maximum atomic E-state index is 10.5. The summed E-state index contributed by atoms with van der Waals surface area (Å²) in [4.78, 5) is 0. The van der Waals surface area contributed by atoms with Crippen LogP contribution in [0, 0.1) is 0 Å². The van der Waals surface area contributed by atoms with Crippen LogP contribution in [-0.4, -0.2) is 15.0 Å². The van der Waals surface area contributed by atoms with Gasteiger partial charge in [-0.25, -0.2) is 0 Å². The van der Waals surface area contributed by atoms with Crippen molar-refractivity contribution in [2.24, 2.45) is 0 Å². The number of hydrogen-bond acceptors (Lipinski definition) is 3. The van der Waals surface area contributed by atoms with E-state index in [1.165, 1.54) is 0 Å². The van der Waals surface area contributed by atoms with E-state index in [2.05, 4.69) is 24.8 Å². The third-order valence-corrected chi connectivity index (χ3v) is 2.33. The Bertz CT molecular complexity index is 231. The zero-order valence-corrected chi connectivity index (χ0v) is 6.70. The van der Waals surface area contributed by atoms with Gasteiger partial charge in [-0.1, -0.05) is 0 Å². The quantitative estimate of drug-likeness (QED) is 0.621. The van der Waals surface area contributed by atoms with Gasteiger partial charge in [-0.3, -0.25) is 0 Å². The van der Waals surface area contributed by atoms with Crippen molar-refractivity contribution in [2.45, 2.75) is 0 Å². The number of nitrogens with one attached hydrogen (secondary N) is 1. The van der Waals surface area contributed by atoms with Gasteiger partial charge in [0.05, 0.1) is 0 Å². The van der Waals surface area contributed by atoms with Crippen molar-refractivity contribution in [1.82, 2.24) is 4.72 Å². The van der Waals surface area contributed by atoms with Crippen LogP contribution in [0.3, 0.4) is 0 Å². The summed E-state index contributed by atoms with van der Waals surface area (Å²) in [5.41, 5.74) is 0. The molecule has 0 aromatic rings. The van der Waals surface area contributed by atoms with Crippen molar-refractivity contribution in [1.29, 1.82) is 0 Å². The van der Waals surface area contributed by atoms with Gasteiger partial charge in [-0.05, 0) is 22.0 Å². The molecule has 0 bridgehead atoms. The summed E-state index contributed by atoms with van der Waals surface area (Å²) < 4.78 is 27.6. The molecule has 1 rings (SSSR count). The smallest absolute Gasteiger partial charge is 0.364 e. The summed E-state index contributed by atoms with van der Waals surface area (Å²) in [5, 5.41) is 0. The Morgan fingerprint density at radius 1 is 1.78 bits per heavy atom. The lowest BCUT2D eigenvalue weighted by atomic mass is 10.6. The topological polar surface area (TPSA) is 55.4 Å². The summed E-state index contributed by atoms with van der Waals surface area (Å²) in [6.07, 6.45) is 1.57. The fourth-order valence-corrected chi connectivity index (χ4v) is 1.70. The van der Waals surface area contributed by atoms with Gasteiger partial charge in [0.1, 0.15) is 0 Å². The van der Waals surface area contributed by atoms with E-state index in [9.17, 15) is 8.42 Å². The molecule has 0 saturated carbocycles. The normalized spacial score (nSPS) is 24.3. The minimum atomic E-state index is -3.50. The molecule has 1 aliphatic heterocycles. The Morgan fingerprint density at radius 3 is 2.78 bits per heavy atom. The summed E-state index contributed by atoms with van der Waals surface area (Å²) in [7, 11) is -3.50. The molecule has 0 aliphatic carbocycles. The average molecular weight is 214 g/mol. The molecule has 1 aliphatic rings. The van der Waals surface area contributed by atoms with Crippen molar-refractivity contribution in [2.75, 3.05) is 6.54 Å². The predicted octanol–water partition coefficient (Wildman–Crippen LogP) is 0.0873. The van der Waals surface area contributed by atoms with Crippen LogP contribution < -0.4 is 4.72 Å². The van der Waals surface area contributed by atoms with Crippen LogP contribution in [0.1, 0.15) is 0 Å². The largest absolute Gasteiger partial charge is 0.383 e. The number of hydrogen-bond donors (Lipinski definition) is 1. The second-order valence-electron chi connectivity index (χ2n) is 1.39. The summed E-state index contributed by atoms with van der Waals surface area (Å²) in [6, 6.07) is 0. The van der Waals surface area contributed by atoms with Gasteiger partial charge in [0.25, 0.3) is 0 Å². The van der Waals surface area contributed by atoms with E-state index in [-0.39, 0.29) is 11.2 Å². The first kappa shape index (κ1) is 7.04. The van der Waals surface area contributed by atoms with E-state index in [1.54, 1.807) is 6.08 Å². The fourth-order valence-electron chi connectivity index (χ4n) is 0.392. The fraction of sp³-hybridized carbons (Fsp3) is 0.333. The van der Waals surface area contributed by atoms with Crippen LogP contribution in [0.4, 0.5) is 0 Å². The molecule has 0 atom stereocenters. The van der Waals surface area contributed by atoms with Crippen LogP contribution in [0.2, 0.25) is 0 Å². The van der Waals surface area contributed by atoms with Crippen molar-refractivity contribution in [3.63, 3.8) is 0 Å². The Labute approximate surface area is 61.3 Å². The Morgan fingerprint density at radius 2 is 2.44 bits per heavy atom. The minimum absolute atomic E-state index is 0.237. The molecule has 0 fully saturated rings. The minimum Gasteiger partial charge on any atom is -0.364 e. The first-order valence-corrected chi connectivity index (χ1v) is 4.35. The Kier molecular flexibility index (Phi) is 1.78. The number of rotatable bonds is 0. The van der Waals surface area contributed by atoms with Gasteiger partial charge in [-0.15, -0.1) is 0 Å². The number of halogens is 1. The molecule has 4 nitrogen and oxygen atoms in total. The van der Waals surface area contributed by atoms with E-state index < -0.39 is 10.3 Å². The summed E-state index contributed by atoms with van der Waals surface area (Å²) in [6.45, 7) is 0.281. The summed E-state index contributed by atoms with van der Waals surface area (Å²) >= 11 is 2.88. The monoisotopic (exact) mass is 213 g/mol. The highest BCUT2D eigenvalue weighted by Gasteiger charge is 2.15. The average Bonchev–Trinajstić information content (AvgIpc) is 1.60. The van der Waals surface area contributed by atoms with Crippen molar-refractivity contribution >= 4 is 26.2 Å². The van der Waals surface area contributed by atoms with Crippen LogP contribution in [-0.2, 0) is 14.5 Å². The molecule has 1 N–H and O–H groups in total. The molecule has 6 heteroatoms. The lowest BCUT2D eigenvalue weighted by Crippen LogP contribution is -2.28. The van der Waals surface area contributed by atoms with E-state index in [0.29, 0.717) is 0 Å². The second kappa shape index (κ2) is 2.28. The molecule has 0 aromatic heterocycles. The SMILES string of the molecule is O=S1(=O)NCC=C(Br)O1. The third kappa shape index (κ3) is 1.96. The molecule has 0 saturated heterocycles. The highest BCUT2D eigenvalue weighted by molar-refractivity contribution is 9.11. The molecular formula is C3H4BrNO3S. The van der Waals surface area contributed by atoms with Crippen molar-refractivity contribution < 1.29 is 12.6 Å². The molecule has 52 valence electrons. The maximum Gasteiger partial charge on any atom is 0.383 e. The molecule has 0 spiro atoms. The van der Waals surface area contributed by atoms with Crippen LogP contribution in [0.5, 0.6) is 0 Å². The van der Waals surface area contributed by atoms with Crippen LogP contribution in [0.15, 0.2) is 10.7 Å². The molecule has 0 unspecified atom stereocenters. The predicted molar refractivity (Wildman–Crippen MR) is 35.0 cm³/mol. The maximum absolute atomic E-state index is 10.5. The molecular weight excluding hydrogens is 210 g/mol. The lowest BCUT2D eigenvalue weighted by Gasteiger charge is -2.09. The van der Waals surface area contributed by atoms with Crippen molar-refractivity contribution in [3.8, 4) is 0 Å². The lowest BCUT2D eigenvalue weighted by molar-refractivity contribution is 0.415. The van der Waals surface area contributed by atoms with E-state index in [4.69, 9.17) is 0 Å². The van der Waals surface area contributed by atoms with Gasteiger partial charge in [0.2, 0.25) is 0 Å². The second-order valence-corrected chi connectivity index (χ2v) is 3.54. The highest BCUT2D eigenvalue weighted by atomic mass is 79.9. The van der Waals surface area contributed by atoms with E-state index in [0.717, 1.165) is 0 Å². The van der Waals surface area contributed by atoms with E-state index in [1.807, 2.05) is 0 Å². The molecule has 1 heterocycles. The third-order valence-electron chi connectivity index (χ3n) is 0.712.